The van der Waals surface area contributed by atoms with Crippen LogP contribution in [0.5, 0.6) is 0 Å². The van der Waals surface area contributed by atoms with Crippen LogP contribution in [-0.2, 0) is 20.0 Å². The summed E-state index contributed by atoms with van der Waals surface area (Å²) >= 11 is 0. The highest BCUT2D eigenvalue weighted by Gasteiger charge is 2.19. The first kappa shape index (κ1) is 19.8. The summed E-state index contributed by atoms with van der Waals surface area (Å²) in [5.74, 6) is -1.26. The van der Waals surface area contributed by atoms with Crippen LogP contribution >= 0.6 is 0 Å². The Morgan fingerprint density at radius 1 is 0.958 bits per heavy atom. The predicted molar refractivity (Wildman–Crippen MR) is 87.5 cm³/mol. The number of carboxylic acids is 1. The standard InChI is InChI=1S/C8H9NO4S.C6H7NO2S/c1-9-14(12,13)7-5-3-2-4-6(7)8(10)11;7-10(8,9)6-4-2-1-3-5-6/h2-5,9H,1H3,(H,10,11);1-5H,(H2,7,8,9). The van der Waals surface area contributed by atoms with Gasteiger partial charge in [0.05, 0.1) is 15.4 Å². The zero-order valence-corrected chi connectivity index (χ0v) is 14.2. The third kappa shape index (κ3) is 5.42. The fraction of sp³-hybridized carbons (Fsp3) is 0.0714. The Bertz CT molecular complexity index is 909. The Kier molecular flexibility index (Phi) is 6.60. The maximum absolute atomic E-state index is 11.4. The zero-order valence-electron chi connectivity index (χ0n) is 12.6. The third-order valence-corrected chi connectivity index (χ3v) is 5.15. The molecule has 10 heteroatoms. The van der Waals surface area contributed by atoms with Crippen molar-refractivity contribution in [1.29, 1.82) is 0 Å². The lowest BCUT2D eigenvalue weighted by atomic mass is 10.2. The van der Waals surface area contributed by atoms with E-state index in [-0.39, 0.29) is 15.4 Å². The summed E-state index contributed by atoms with van der Waals surface area (Å²) in [6.45, 7) is 0. The quantitative estimate of drug-likeness (QED) is 0.718. The second-order valence-corrected chi connectivity index (χ2v) is 7.78. The van der Waals surface area contributed by atoms with E-state index in [0.29, 0.717) is 0 Å². The van der Waals surface area contributed by atoms with Crippen molar-refractivity contribution in [2.75, 3.05) is 7.05 Å². The van der Waals surface area contributed by atoms with Gasteiger partial charge in [-0.25, -0.2) is 31.5 Å². The predicted octanol–water partition coefficient (Wildman–Crippen LogP) is 0.627. The van der Waals surface area contributed by atoms with Crippen LogP contribution in [0.15, 0.2) is 64.4 Å². The minimum atomic E-state index is -3.70. The maximum Gasteiger partial charge on any atom is 0.337 e. The van der Waals surface area contributed by atoms with Crippen LogP contribution < -0.4 is 9.86 Å². The van der Waals surface area contributed by atoms with Crippen LogP contribution in [0, 0.1) is 0 Å². The first-order valence-corrected chi connectivity index (χ1v) is 9.46. The summed E-state index contributed by atoms with van der Waals surface area (Å²) in [5, 5.41) is 13.6. The molecule has 0 spiro atoms. The van der Waals surface area contributed by atoms with E-state index in [1.54, 1.807) is 18.2 Å². The first-order chi connectivity index (χ1) is 11.1. The molecule has 0 aliphatic carbocycles. The van der Waals surface area contributed by atoms with Crippen LogP contribution in [0.2, 0.25) is 0 Å². The van der Waals surface area contributed by atoms with Crippen LogP contribution in [0.4, 0.5) is 0 Å². The molecule has 0 aliphatic rings. The lowest BCUT2D eigenvalue weighted by molar-refractivity contribution is 0.0692. The van der Waals surface area contributed by atoms with E-state index in [9.17, 15) is 21.6 Å². The Labute approximate surface area is 140 Å². The molecule has 24 heavy (non-hydrogen) atoms. The van der Waals surface area contributed by atoms with Gasteiger partial charge in [0.1, 0.15) is 0 Å². The molecule has 0 aromatic heterocycles. The number of nitrogens with one attached hydrogen (secondary N) is 1. The molecule has 8 nitrogen and oxygen atoms in total. The summed E-state index contributed by atoms with van der Waals surface area (Å²) in [7, 11) is -5.98. The van der Waals surface area contributed by atoms with Gasteiger partial charge in [0, 0.05) is 0 Å². The molecular weight excluding hydrogens is 356 g/mol. The third-order valence-electron chi connectivity index (χ3n) is 2.75. The molecule has 0 aliphatic heterocycles. The van der Waals surface area contributed by atoms with Crippen molar-refractivity contribution in [3.8, 4) is 0 Å². The van der Waals surface area contributed by atoms with Gasteiger partial charge in [-0.3, -0.25) is 0 Å². The molecule has 0 saturated carbocycles. The molecule has 4 N–H and O–H groups in total. The SMILES string of the molecule is CNS(=O)(=O)c1ccccc1C(=O)O.NS(=O)(=O)c1ccccc1. The monoisotopic (exact) mass is 372 g/mol. The number of carboxylic acid groups (broad SMARTS) is 1. The summed E-state index contributed by atoms with van der Waals surface area (Å²) in [6.07, 6.45) is 0. The van der Waals surface area contributed by atoms with Gasteiger partial charge in [-0.05, 0) is 31.3 Å². The minimum Gasteiger partial charge on any atom is -0.478 e. The van der Waals surface area contributed by atoms with Crippen molar-refractivity contribution in [3.05, 3.63) is 60.2 Å². The highest BCUT2D eigenvalue weighted by atomic mass is 32.2. The van der Waals surface area contributed by atoms with Gasteiger partial charge in [-0.1, -0.05) is 30.3 Å². The summed E-state index contributed by atoms with van der Waals surface area (Å²) in [6, 6.07) is 13.3. The van der Waals surface area contributed by atoms with Crippen LogP contribution in [-0.4, -0.2) is 35.0 Å². The van der Waals surface area contributed by atoms with Gasteiger partial charge >= 0.3 is 5.97 Å². The molecule has 2 aromatic carbocycles. The van der Waals surface area contributed by atoms with Crippen molar-refractivity contribution in [1.82, 2.24) is 4.72 Å². The van der Waals surface area contributed by atoms with Crippen LogP contribution in [0.1, 0.15) is 10.4 Å². The van der Waals surface area contributed by atoms with E-state index in [1.807, 2.05) is 0 Å². The number of sulfonamides is 2. The van der Waals surface area contributed by atoms with Crippen molar-refractivity contribution >= 4 is 26.0 Å². The van der Waals surface area contributed by atoms with Gasteiger partial charge in [0.2, 0.25) is 20.0 Å². The number of hydrogen-bond donors (Lipinski definition) is 3. The molecule has 0 unspecified atom stereocenters. The summed E-state index contributed by atoms with van der Waals surface area (Å²) < 4.78 is 46.0. The van der Waals surface area contributed by atoms with Crippen molar-refractivity contribution in [2.24, 2.45) is 5.14 Å². The second-order valence-electron chi connectivity index (χ2n) is 4.37. The van der Waals surface area contributed by atoms with Crippen LogP contribution in [0.3, 0.4) is 0 Å². The molecule has 130 valence electrons. The summed E-state index contributed by atoms with van der Waals surface area (Å²) in [4.78, 5) is 10.6. The number of primary sulfonamides is 1. The maximum atomic E-state index is 11.4. The Morgan fingerprint density at radius 2 is 1.46 bits per heavy atom. The van der Waals surface area contributed by atoms with Gasteiger partial charge in [-0.2, -0.15) is 0 Å². The van der Waals surface area contributed by atoms with E-state index >= 15 is 0 Å². The van der Waals surface area contributed by atoms with E-state index in [2.05, 4.69) is 4.72 Å². The van der Waals surface area contributed by atoms with E-state index in [0.717, 1.165) is 0 Å². The number of aromatic carboxylic acids is 1. The van der Waals surface area contributed by atoms with Gasteiger partial charge in [0.25, 0.3) is 0 Å². The van der Waals surface area contributed by atoms with E-state index in [1.165, 1.54) is 43.4 Å². The van der Waals surface area contributed by atoms with E-state index < -0.39 is 26.0 Å². The molecule has 0 saturated heterocycles. The number of rotatable bonds is 4. The molecule has 0 heterocycles. The molecule has 0 amide bonds. The lowest BCUT2D eigenvalue weighted by Gasteiger charge is -2.05. The first-order valence-electron chi connectivity index (χ1n) is 6.43. The number of benzene rings is 2. The molecule has 0 fully saturated rings. The Balaban J connectivity index is 0.000000254. The molecule has 0 bridgehead atoms. The normalized spacial score (nSPS) is 11.2. The average molecular weight is 372 g/mol. The second kappa shape index (κ2) is 8.02. The fourth-order valence-corrected chi connectivity index (χ4v) is 3.06. The van der Waals surface area contributed by atoms with Gasteiger partial charge < -0.3 is 5.11 Å². The smallest absolute Gasteiger partial charge is 0.337 e. The number of nitrogens with two attached hydrogens (primary N) is 1. The lowest BCUT2D eigenvalue weighted by Crippen LogP contribution is -2.21. The van der Waals surface area contributed by atoms with Gasteiger partial charge in [0.15, 0.2) is 0 Å². The zero-order chi connectivity index (χ0) is 18.4. The van der Waals surface area contributed by atoms with Crippen molar-refractivity contribution < 1.29 is 26.7 Å². The largest absolute Gasteiger partial charge is 0.478 e. The van der Waals surface area contributed by atoms with Crippen molar-refractivity contribution in [3.63, 3.8) is 0 Å². The topological polar surface area (TPSA) is 144 Å². The molecule has 2 aromatic rings. The van der Waals surface area contributed by atoms with Crippen LogP contribution in [0.25, 0.3) is 0 Å². The Morgan fingerprint density at radius 3 is 1.88 bits per heavy atom. The average Bonchev–Trinajstić information content (AvgIpc) is 2.55. The number of hydrogen-bond acceptors (Lipinski definition) is 5. The highest BCUT2D eigenvalue weighted by Crippen LogP contribution is 2.14. The highest BCUT2D eigenvalue weighted by molar-refractivity contribution is 7.89. The molecule has 0 radical (unpaired) electrons. The minimum absolute atomic E-state index is 0.148. The van der Waals surface area contributed by atoms with E-state index in [4.69, 9.17) is 10.2 Å². The molecule has 2 rings (SSSR count). The summed E-state index contributed by atoms with van der Waals surface area (Å²) in [5.41, 5.74) is -0.234. The fourth-order valence-electron chi connectivity index (χ4n) is 1.60. The number of carbonyl (C=O) groups is 1. The molecule has 0 atom stereocenters. The molecular formula is C14H16N2O6S2. The van der Waals surface area contributed by atoms with Crippen molar-refractivity contribution in [2.45, 2.75) is 9.79 Å². The van der Waals surface area contributed by atoms with Gasteiger partial charge in [-0.15, -0.1) is 0 Å². The Hall–Kier alpha value is -2.27.